The average molecular weight is 471 g/mol. The van der Waals surface area contributed by atoms with E-state index in [1.807, 2.05) is 6.08 Å². The molecule has 0 aromatic rings. The van der Waals surface area contributed by atoms with Crippen LogP contribution in [0.3, 0.4) is 0 Å². The molecule has 1 heterocycles. The maximum Gasteiger partial charge on any atom is 0.330 e. The number of rotatable bonds is 5. The number of hydrogen-bond acceptors (Lipinski definition) is 3. The van der Waals surface area contributed by atoms with Crippen LogP contribution < -0.4 is 0 Å². The van der Waals surface area contributed by atoms with E-state index in [-0.39, 0.29) is 32.9 Å². The Bertz CT molecular complexity index is 949. The highest BCUT2D eigenvalue weighted by Gasteiger charge is 2.90. The maximum atomic E-state index is 12.9. The first-order chi connectivity index (χ1) is 15.7. The highest BCUT2D eigenvalue weighted by molar-refractivity contribution is 5.86. The van der Waals surface area contributed by atoms with Gasteiger partial charge >= 0.3 is 5.97 Å². The Morgan fingerprint density at radius 2 is 1.74 bits per heavy atom. The standard InChI is InChI=1S/C30H46O4/c1-19(9-8-10-20(2)24(32)33)21-11-15-28(7)26(21,5)17-18-29-27(6)14-13-23(31)25(3,4)22(27)12-16-30(28,29)34-29/h10,19,21-22H,8-9,11-18H2,1-7H3,(H,32,33)/b20-10+/t19-,21-,22?,26-,27+,28-,29?,30?/m1/s1. The van der Waals surface area contributed by atoms with Gasteiger partial charge in [0.1, 0.15) is 17.0 Å². The second-order valence-corrected chi connectivity index (χ2v) is 14.1. The minimum atomic E-state index is -0.807. The highest BCUT2D eigenvalue weighted by atomic mass is 16.6. The summed E-state index contributed by atoms with van der Waals surface area (Å²) in [6.07, 6.45) is 12.5. The minimum absolute atomic E-state index is 0.0248. The number of ether oxygens (including phenoxy) is 1. The van der Waals surface area contributed by atoms with Crippen molar-refractivity contribution in [3.8, 4) is 0 Å². The van der Waals surface area contributed by atoms with Crippen LogP contribution in [0.2, 0.25) is 0 Å². The Hall–Kier alpha value is -1.16. The van der Waals surface area contributed by atoms with E-state index in [2.05, 4.69) is 41.5 Å². The molecule has 0 amide bonds. The summed E-state index contributed by atoms with van der Waals surface area (Å²) in [6.45, 7) is 16.1. The number of epoxide rings is 1. The van der Waals surface area contributed by atoms with Gasteiger partial charge in [-0.3, -0.25) is 4.79 Å². The predicted octanol–water partition coefficient (Wildman–Crippen LogP) is 6.96. The third-order valence-corrected chi connectivity index (χ3v) is 12.9. The Morgan fingerprint density at radius 1 is 1.03 bits per heavy atom. The van der Waals surface area contributed by atoms with Crippen molar-refractivity contribution in [1.29, 1.82) is 0 Å². The van der Waals surface area contributed by atoms with E-state index < -0.39 is 5.97 Å². The van der Waals surface area contributed by atoms with Crippen LogP contribution in [-0.2, 0) is 14.3 Å². The zero-order valence-electron chi connectivity index (χ0n) is 22.6. The lowest BCUT2D eigenvalue weighted by Crippen LogP contribution is -2.65. The monoisotopic (exact) mass is 470 g/mol. The Balaban J connectivity index is 1.42. The van der Waals surface area contributed by atoms with Crippen LogP contribution in [0.1, 0.15) is 113 Å². The Kier molecular flexibility index (Phi) is 5.20. The first-order valence-electron chi connectivity index (χ1n) is 13.9. The third kappa shape index (κ3) is 2.65. The number of ketones is 1. The van der Waals surface area contributed by atoms with Crippen LogP contribution in [-0.4, -0.2) is 28.1 Å². The van der Waals surface area contributed by atoms with Crippen LogP contribution in [0, 0.1) is 39.4 Å². The third-order valence-electron chi connectivity index (χ3n) is 12.9. The zero-order valence-corrected chi connectivity index (χ0v) is 22.6. The van der Waals surface area contributed by atoms with Crippen LogP contribution >= 0.6 is 0 Å². The van der Waals surface area contributed by atoms with E-state index in [4.69, 9.17) is 4.74 Å². The van der Waals surface area contributed by atoms with Gasteiger partial charge in [0.2, 0.25) is 0 Å². The Morgan fingerprint density at radius 3 is 2.41 bits per heavy atom. The number of carbonyl (C=O) groups excluding carboxylic acids is 1. The van der Waals surface area contributed by atoms with Gasteiger partial charge in [-0.15, -0.1) is 0 Å². The molecule has 4 heteroatoms. The lowest BCUT2D eigenvalue weighted by Gasteiger charge is -2.62. The van der Waals surface area contributed by atoms with E-state index >= 15 is 0 Å². The van der Waals surface area contributed by atoms with Crippen LogP contribution in [0.4, 0.5) is 0 Å². The largest absolute Gasteiger partial charge is 0.478 e. The van der Waals surface area contributed by atoms with E-state index in [1.54, 1.807) is 6.92 Å². The molecular weight excluding hydrogens is 424 g/mol. The highest BCUT2D eigenvalue weighted by Crippen LogP contribution is 2.86. The molecular formula is C30H46O4. The first kappa shape index (κ1) is 24.5. The average Bonchev–Trinajstić information content (AvgIpc) is 3.40. The molecule has 1 aliphatic heterocycles. The molecule has 5 fully saturated rings. The van der Waals surface area contributed by atoms with Crippen molar-refractivity contribution >= 4 is 11.8 Å². The van der Waals surface area contributed by atoms with Crippen LogP contribution in [0.25, 0.3) is 0 Å². The summed E-state index contributed by atoms with van der Waals surface area (Å²) >= 11 is 0. The molecule has 3 unspecified atom stereocenters. The smallest absolute Gasteiger partial charge is 0.330 e. The van der Waals surface area contributed by atoms with Crippen molar-refractivity contribution in [1.82, 2.24) is 0 Å². The quantitative estimate of drug-likeness (QED) is 0.348. The molecule has 0 bridgehead atoms. The fourth-order valence-corrected chi connectivity index (χ4v) is 10.6. The van der Waals surface area contributed by atoms with Gasteiger partial charge in [0, 0.05) is 28.2 Å². The fraction of sp³-hybridized carbons (Fsp3) is 0.867. The van der Waals surface area contributed by atoms with Gasteiger partial charge in [-0.25, -0.2) is 4.79 Å². The minimum Gasteiger partial charge on any atom is -0.478 e. The number of carboxylic acids is 1. The van der Waals surface area contributed by atoms with Gasteiger partial charge in [-0.2, -0.15) is 0 Å². The van der Waals surface area contributed by atoms with Gasteiger partial charge in [-0.1, -0.05) is 47.6 Å². The molecule has 34 heavy (non-hydrogen) atoms. The molecule has 0 spiro atoms. The van der Waals surface area contributed by atoms with Crippen molar-refractivity contribution < 1.29 is 19.4 Å². The second-order valence-electron chi connectivity index (χ2n) is 14.1. The number of fused-ring (bicyclic) bond motifs is 2. The molecule has 5 rings (SSSR count). The predicted molar refractivity (Wildman–Crippen MR) is 133 cm³/mol. The molecule has 0 radical (unpaired) electrons. The molecule has 4 aliphatic carbocycles. The van der Waals surface area contributed by atoms with Crippen LogP contribution in [0.5, 0.6) is 0 Å². The SMILES string of the molecule is C/C(=C\CC[C@@H](C)[C@H]1CC[C@@]2(C)C34CCC5C(C)(C)C(=O)CC[C@]5(C)C3(CC[C@]12C)O4)C(=O)O. The van der Waals surface area contributed by atoms with Crippen molar-refractivity contribution in [3.63, 3.8) is 0 Å². The second kappa shape index (κ2) is 7.20. The summed E-state index contributed by atoms with van der Waals surface area (Å²) in [5, 5.41) is 9.18. The molecule has 0 aromatic heterocycles. The lowest BCUT2D eigenvalue weighted by atomic mass is 9.38. The zero-order chi connectivity index (χ0) is 24.9. The molecule has 1 saturated heterocycles. The molecule has 4 saturated carbocycles. The number of hydrogen-bond donors (Lipinski definition) is 1. The van der Waals surface area contributed by atoms with Gasteiger partial charge in [0.15, 0.2) is 0 Å². The Labute approximate surface area is 206 Å². The fourth-order valence-electron chi connectivity index (χ4n) is 10.6. The van der Waals surface area contributed by atoms with E-state index in [1.165, 1.54) is 19.3 Å². The summed E-state index contributed by atoms with van der Waals surface area (Å²) in [4.78, 5) is 24.1. The summed E-state index contributed by atoms with van der Waals surface area (Å²) in [7, 11) is 0. The number of carboxylic acid groups (broad SMARTS) is 1. The van der Waals surface area contributed by atoms with E-state index in [0.29, 0.717) is 35.5 Å². The van der Waals surface area contributed by atoms with Crippen molar-refractivity contribution in [2.24, 2.45) is 39.4 Å². The first-order valence-corrected chi connectivity index (χ1v) is 13.9. The number of Topliss-reactive ketones (excluding diaryl/α,β-unsaturated/α-hetero) is 1. The number of carbonyl (C=O) groups is 2. The molecule has 8 atom stereocenters. The number of aliphatic carboxylic acids is 1. The summed E-state index contributed by atoms with van der Waals surface area (Å²) in [6, 6.07) is 0. The molecule has 4 nitrogen and oxygen atoms in total. The molecule has 190 valence electrons. The molecule has 5 aliphatic rings. The lowest BCUT2D eigenvalue weighted by molar-refractivity contribution is -0.154. The normalized spacial score (nSPS) is 50.0. The summed E-state index contributed by atoms with van der Waals surface area (Å²) < 4.78 is 7.18. The van der Waals surface area contributed by atoms with Crippen molar-refractivity contribution in [2.75, 3.05) is 0 Å². The number of allylic oxidation sites excluding steroid dienone is 1. The summed E-state index contributed by atoms with van der Waals surface area (Å²) in [5.74, 6) is 1.30. The van der Waals surface area contributed by atoms with Crippen molar-refractivity contribution in [3.05, 3.63) is 11.6 Å². The van der Waals surface area contributed by atoms with E-state index in [0.717, 1.165) is 38.5 Å². The molecule has 1 N–H and O–H groups in total. The van der Waals surface area contributed by atoms with Gasteiger partial charge < -0.3 is 9.84 Å². The molecule has 0 aromatic carbocycles. The van der Waals surface area contributed by atoms with Gasteiger partial charge in [-0.05, 0) is 87.9 Å². The maximum absolute atomic E-state index is 12.9. The summed E-state index contributed by atoms with van der Waals surface area (Å²) in [5.41, 5.74) is 0.662. The van der Waals surface area contributed by atoms with Crippen molar-refractivity contribution in [2.45, 2.75) is 124 Å². The van der Waals surface area contributed by atoms with Gasteiger partial charge in [0.25, 0.3) is 0 Å². The topological polar surface area (TPSA) is 66.9 Å². The van der Waals surface area contributed by atoms with E-state index in [9.17, 15) is 14.7 Å². The van der Waals surface area contributed by atoms with Crippen LogP contribution in [0.15, 0.2) is 11.6 Å². The van der Waals surface area contributed by atoms with Gasteiger partial charge in [0.05, 0.1) is 0 Å².